The van der Waals surface area contributed by atoms with Crippen LogP contribution in [0.5, 0.6) is 5.88 Å². The predicted octanol–water partition coefficient (Wildman–Crippen LogP) is 4.77. The van der Waals surface area contributed by atoms with Gasteiger partial charge in [-0.25, -0.2) is 9.18 Å². The minimum Gasteiger partial charge on any atom is -0.403 e. The molecule has 0 radical (unpaired) electrons. The summed E-state index contributed by atoms with van der Waals surface area (Å²) in [5.74, 6) is -1.37. The fourth-order valence-corrected chi connectivity index (χ4v) is 3.07. The van der Waals surface area contributed by atoms with E-state index < -0.39 is 11.8 Å². The molecule has 30 heavy (non-hydrogen) atoms. The minimum absolute atomic E-state index is 0.0122. The minimum atomic E-state index is -0.624. The number of aryl methyl sites for hydroxylation is 1. The van der Waals surface area contributed by atoms with Crippen molar-refractivity contribution < 1.29 is 18.7 Å². The Hall–Kier alpha value is -4.06. The van der Waals surface area contributed by atoms with Crippen LogP contribution in [0.2, 0.25) is 0 Å². The molecule has 0 unspecified atom stereocenters. The molecule has 0 aliphatic rings. The van der Waals surface area contributed by atoms with E-state index in [-0.39, 0.29) is 17.2 Å². The number of benzene rings is 3. The van der Waals surface area contributed by atoms with Gasteiger partial charge in [-0.2, -0.15) is 9.78 Å². The number of hydrogen-bond acceptors (Lipinski definition) is 4. The van der Waals surface area contributed by atoms with Gasteiger partial charge in [0, 0.05) is 5.56 Å². The highest BCUT2D eigenvalue weighted by Crippen LogP contribution is 2.29. The van der Waals surface area contributed by atoms with Crippen molar-refractivity contribution in [2.45, 2.75) is 6.92 Å². The van der Waals surface area contributed by atoms with Gasteiger partial charge in [-0.3, -0.25) is 4.79 Å². The average molecular weight is 400 g/mol. The summed E-state index contributed by atoms with van der Waals surface area (Å²) in [6, 6.07) is 22.7. The average Bonchev–Trinajstić information content (AvgIpc) is 3.10. The van der Waals surface area contributed by atoms with Crippen LogP contribution in [-0.2, 0) is 0 Å². The number of aromatic nitrogens is 2. The normalized spacial score (nSPS) is 10.6. The monoisotopic (exact) mass is 400 g/mol. The zero-order chi connectivity index (χ0) is 21.1. The van der Waals surface area contributed by atoms with Gasteiger partial charge in [0.15, 0.2) is 5.78 Å². The topological polar surface area (TPSA) is 61.2 Å². The fraction of sp³-hybridized carbons (Fsp3) is 0.0417. The number of ketones is 1. The van der Waals surface area contributed by atoms with Gasteiger partial charge in [0.2, 0.25) is 5.88 Å². The lowest BCUT2D eigenvalue weighted by Gasteiger charge is -2.10. The number of nitrogens with zero attached hydrogens (tertiary/aromatic N) is 2. The van der Waals surface area contributed by atoms with E-state index in [4.69, 9.17) is 4.74 Å². The van der Waals surface area contributed by atoms with Crippen LogP contribution in [0.25, 0.3) is 5.69 Å². The van der Waals surface area contributed by atoms with Crippen LogP contribution < -0.4 is 4.74 Å². The lowest BCUT2D eigenvalue weighted by Crippen LogP contribution is -2.14. The van der Waals surface area contributed by atoms with E-state index >= 15 is 0 Å². The highest BCUT2D eigenvalue weighted by atomic mass is 19.1. The molecule has 6 heteroatoms. The number of hydrogen-bond donors (Lipinski definition) is 0. The summed E-state index contributed by atoms with van der Waals surface area (Å²) in [5, 5.41) is 4.40. The van der Waals surface area contributed by atoms with Gasteiger partial charge in [0.1, 0.15) is 11.4 Å². The molecule has 5 nitrogen and oxygen atoms in total. The maximum Gasteiger partial charge on any atom is 0.344 e. The molecule has 1 heterocycles. The number of ether oxygens (including phenoxy) is 1. The summed E-state index contributed by atoms with van der Waals surface area (Å²) >= 11 is 0. The molecule has 1 aromatic heterocycles. The third-order valence-electron chi connectivity index (χ3n) is 4.55. The van der Waals surface area contributed by atoms with Gasteiger partial charge >= 0.3 is 5.97 Å². The van der Waals surface area contributed by atoms with Gasteiger partial charge < -0.3 is 4.74 Å². The van der Waals surface area contributed by atoms with Crippen LogP contribution in [-0.4, -0.2) is 21.5 Å². The van der Waals surface area contributed by atoms with Gasteiger partial charge in [-0.05, 0) is 43.3 Å². The maximum atomic E-state index is 13.4. The second-order valence-corrected chi connectivity index (χ2v) is 6.60. The van der Waals surface area contributed by atoms with Crippen molar-refractivity contribution in [3.63, 3.8) is 0 Å². The van der Waals surface area contributed by atoms with E-state index in [0.29, 0.717) is 22.5 Å². The quantitative estimate of drug-likeness (QED) is 0.358. The number of carbonyl (C=O) groups excluding carboxylic acids is 2. The number of halogens is 1. The number of rotatable bonds is 5. The van der Waals surface area contributed by atoms with E-state index in [1.54, 1.807) is 61.5 Å². The second-order valence-electron chi connectivity index (χ2n) is 6.60. The first-order valence-corrected chi connectivity index (χ1v) is 9.27. The number of carbonyl (C=O) groups is 2. The molecule has 0 amide bonds. The first kappa shape index (κ1) is 19.3. The predicted molar refractivity (Wildman–Crippen MR) is 110 cm³/mol. The highest BCUT2D eigenvalue weighted by molar-refractivity contribution is 6.11. The lowest BCUT2D eigenvalue weighted by molar-refractivity contribution is 0.0721. The molecule has 4 rings (SSSR count). The maximum absolute atomic E-state index is 13.4. The van der Waals surface area contributed by atoms with Gasteiger partial charge in [0.05, 0.1) is 16.9 Å². The smallest absolute Gasteiger partial charge is 0.344 e. The Morgan fingerprint density at radius 1 is 0.833 bits per heavy atom. The van der Waals surface area contributed by atoms with Crippen molar-refractivity contribution >= 4 is 11.8 Å². The molecule has 148 valence electrons. The second kappa shape index (κ2) is 8.13. The number of esters is 1. The Kier molecular flexibility index (Phi) is 5.22. The Labute approximate surface area is 172 Å². The van der Waals surface area contributed by atoms with Crippen LogP contribution in [0.1, 0.15) is 32.0 Å². The Bertz CT molecular complexity index is 1200. The Balaban J connectivity index is 1.84. The van der Waals surface area contributed by atoms with E-state index in [9.17, 15) is 14.0 Å². The van der Waals surface area contributed by atoms with E-state index in [0.717, 1.165) is 0 Å². The molecule has 0 fully saturated rings. The summed E-state index contributed by atoms with van der Waals surface area (Å²) in [7, 11) is 0. The van der Waals surface area contributed by atoms with Crippen molar-refractivity contribution in [2.24, 2.45) is 0 Å². The van der Waals surface area contributed by atoms with Crippen molar-refractivity contribution in [1.29, 1.82) is 0 Å². The summed E-state index contributed by atoms with van der Waals surface area (Å²) in [4.78, 5) is 25.9. The van der Waals surface area contributed by atoms with Gasteiger partial charge in [0.25, 0.3) is 0 Å². The van der Waals surface area contributed by atoms with Gasteiger partial charge in [-0.15, -0.1) is 0 Å². The molecule has 0 N–H and O–H groups in total. The van der Waals surface area contributed by atoms with Crippen molar-refractivity contribution in [1.82, 2.24) is 9.78 Å². The standard InChI is InChI=1S/C24H17FN2O3/c1-16-21(22(28)17-8-4-2-5-9-17)23(30-24(29)18-10-6-3-7-11-18)27(26-16)20-14-12-19(25)13-15-20/h2-15H,1H3. The van der Waals surface area contributed by atoms with Crippen LogP contribution >= 0.6 is 0 Å². The molecule has 0 bridgehead atoms. The summed E-state index contributed by atoms with van der Waals surface area (Å²) < 4.78 is 20.4. The molecule has 0 saturated carbocycles. The molecular weight excluding hydrogens is 383 g/mol. The summed E-state index contributed by atoms with van der Waals surface area (Å²) in [6.45, 7) is 1.66. The zero-order valence-corrected chi connectivity index (χ0v) is 16.1. The van der Waals surface area contributed by atoms with Crippen molar-refractivity contribution in [3.05, 3.63) is 113 Å². The Morgan fingerprint density at radius 3 is 2.00 bits per heavy atom. The third-order valence-corrected chi connectivity index (χ3v) is 4.55. The summed E-state index contributed by atoms with van der Waals surface area (Å²) in [5.41, 5.74) is 1.80. The van der Waals surface area contributed by atoms with Crippen LogP contribution in [0.4, 0.5) is 4.39 Å². The fourth-order valence-electron chi connectivity index (χ4n) is 3.07. The molecular formula is C24H17FN2O3. The van der Waals surface area contributed by atoms with E-state index in [1.165, 1.54) is 28.9 Å². The molecule has 4 aromatic rings. The molecule has 0 saturated heterocycles. The first-order valence-electron chi connectivity index (χ1n) is 9.27. The zero-order valence-electron chi connectivity index (χ0n) is 16.1. The lowest BCUT2D eigenvalue weighted by atomic mass is 10.0. The van der Waals surface area contributed by atoms with Crippen LogP contribution in [0.3, 0.4) is 0 Å². The van der Waals surface area contributed by atoms with Crippen LogP contribution in [0.15, 0.2) is 84.9 Å². The first-order chi connectivity index (χ1) is 14.5. The van der Waals surface area contributed by atoms with E-state index in [2.05, 4.69) is 5.10 Å². The molecule has 3 aromatic carbocycles. The van der Waals surface area contributed by atoms with E-state index in [1.807, 2.05) is 6.07 Å². The molecule has 0 spiro atoms. The van der Waals surface area contributed by atoms with Gasteiger partial charge in [-0.1, -0.05) is 48.5 Å². The summed E-state index contributed by atoms with van der Waals surface area (Å²) in [6.07, 6.45) is 0. The van der Waals surface area contributed by atoms with Crippen molar-refractivity contribution in [2.75, 3.05) is 0 Å². The van der Waals surface area contributed by atoms with Crippen molar-refractivity contribution in [3.8, 4) is 11.6 Å². The Morgan fingerprint density at radius 2 is 1.40 bits per heavy atom. The SMILES string of the molecule is Cc1nn(-c2ccc(F)cc2)c(OC(=O)c2ccccc2)c1C(=O)c1ccccc1. The molecule has 0 aliphatic carbocycles. The molecule has 0 atom stereocenters. The largest absolute Gasteiger partial charge is 0.403 e. The third kappa shape index (κ3) is 3.75. The molecule has 0 aliphatic heterocycles. The highest BCUT2D eigenvalue weighted by Gasteiger charge is 2.27. The van der Waals surface area contributed by atoms with Crippen LogP contribution in [0, 0.1) is 12.7 Å².